The molecule has 0 spiro atoms. The average Bonchev–Trinajstić information content (AvgIpc) is 2.88. The first-order chi connectivity index (χ1) is 17.5. The smallest absolute Gasteiger partial charge is 0.337 e. The number of fused-ring (bicyclic) bond motifs is 1. The number of benzene rings is 3. The largest absolute Gasteiger partial charge is 0.491 e. The predicted octanol–water partition coefficient (Wildman–Crippen LogP) is 5.32. The molecule has 0 bridgehead atoms. The molecule has 0 aliphatic heterocycles. The Kier molecular flexibility index (Phi) is 8.10. The molecule has 8 heteroatoms. The highest BCUT2D eigenvalue weighted by molar-refractivity contribution is 6.01. The predicted molar refractivity (Wildman–Crippen MR) is 136 cm³/mol. The number of ether oxygens (including phenoxy) is 3. The minimum atomic E-state index is -1.10. The number of carbonyl (C=O) groups is 2. The van der Waals surface area contributed by atoms with Gasteiger partial charge in [-0.3, -0.25) is 4.79 Å². The summed E-state index contributed by atoms with van der Waals surface area (Å²) in [6.45, 7) is 3.67. The number of carboxylic acid groups (broad SMARTS) is 1. The standard InChI is InChI=1S/C28H26N2O6/c1-2-34-13-14-35-22-10-8-21-17-23(11-9-20(21)16-22)36-27-12-7-19(18-29-27)15-26(31)30-25-6-4-3-5-24(25)28(32)33/h3-12,16-18H,2,13-15H2,1H3,(H,30,31)(H,32,33). The van der Waals surface area contributed by atoms with Crippen LogP contribution in [0, 0.1) is 0 Å². The normalized spacial score (nSPS) is 10.7. The van der Waals surface area contributed by atoms with E-state index in [1.165, 1.54) is 6.07 Å². The number of rotatable bonds is 11. The van der Waals surface area contributed by atoms with Gasteiger partial charge < -0.3 is 24.6 Å². The van der Waals surface area contributed by atoms with Gasteiger partial charge in [-0.1, -0.05) is 30.3 Å². The molecule has 0 saturated heterocycles. The van der Waals surface area contributed by atoms with Gasteiger partial charge >= 0.3 is 5.97 Å². The number of aromatic nitrogens is 1. The van der Waals surface area contributed by atoms with Crippen molar-refractivity contribution in [2.45, 2.75) is 13.3 Å². The lowest BCUT2D eigenvalue weighted by Gasteiger charge is -2.10. The molecule has 3 aromatic carbocycles. The minimum Gasteiger partial charge on any atom is -0.491 e. The van der Waals surface area contributed by atoms with E-state index in [1.54, 1.807) is 36.5 Å². The summed E-state index contributed by atoms with van der Waals surface area (Å²) in [6.07, 6.45) is 1.61. The lowest BCUT2D eigenvalue weighted by molar-refractivity contribution is -0.115. The molecule has 1 amide bonds. The zero-order valence-corrected chi connectivity index (χ0v) is 19.8. The van der Waals surface area contributed by atoms with Crippen molar-refractivity contribution in [2.24, 2.45) is 0 Å². The molecular weight excluding hydrogens is 460 g/mol. The van der Waals surface area contributed by atoms with Crippen molar-refractivity contribution in [3.05, 3.63) is 90.1 Å². The number of nitrogens with one attached hydrogen (secondary N) is 1. The maximum absolute atomic E-state index is 12.4. The lowest BCUT2D eigenvalue weighted by atomic mass is 10.1. The molecule has 1 heterocycles. The third kappa shape index (κ3) is 6.58. The molecule has 0 fully saturated rings. The SMILES string of the molecule is CCOCCOc1ccc2cc(Oc3ccc(CC(=O)Nc4ccccc4C(=O)O)cn3)ccc2c1. The molecule has 8 nitrogen and oxygen atoms in total. The summed E-state index contributed by atoms with van der Waals surface area (Å²) in [5.74, 6) is 0.369. The Morgan fingerprint density at radius 2 is 1.67 bits per heavy atom. The van der Waals surface area contributed by atoms with Gasteiger partial charge in [-0.05, 0) is 59.7 Å². The van der Waals surface area contributed by atoms with Crippen LogP contribution in [0.25, 0.3) is 10.8 Å². The second kappa shape index (κ2) is 11.8. The van der Waals surface area contributed by atoms with Crippen molar-refractivity contribution in [3.63, 3.8) is 0 Å². The summed E-state index contributed by atoms with van der Waals surface area (Å²) in [4.78, 5) is 28.0. The molecule has 4 rings (SSSR count). The third-order valence-electron chi connectivity index (χ3n) is 5.30. The number of aromatic carboxylic acids is 1. The van der Waals surface area contributed by atoms with Gasteiger partial charge in [-0.15, -0.1) is 0 Å². The molecule has 0 atom stereocenters. The Morgan fingerprint density at radius 3 is 2.39 bits per heavy atom. The number of anilines is 1. The van der Waals surface area contributed by atoms with Crippen molar-refractivity contribution in [1.82, 2.24) is 4.98 Å². The van der Waals surface area contributed by atoms with Crippen LogP contribution in [-0.2, 0) is 16.0 Å². The number of hydrogen-bond acceptors (Lipinski definition) is 6. The molecule has 0 aliphatic carbocycles. The van der Waals surface area contributed by atoms with Gasteiger partial charge in [0.1, 0.15) is 18.1 Å². The van der Waals surface area contributed by atoms with Gasteiger partial charge in [0.25, 0.3) is 0 Å². The van der Waals surface area contributed by atoms with Crippen LogP contribution in [-0.4, -0.2) is 41.8 Å². The van der Waals surface area contributed by atoms with E-state index in [2.05, 4.69) is 10.3 Å². The van der Waals surface area contributed by atoms with Gasteiger partial charge in [0.05, 0.1) is 24.3 Å². The van der Waals surface area contributed by atoms with E-state index < -0.39 is 5.97 Å². The topological polar surface area (TPSA) is 107 Å². The Balaban J connectivity index is 1.35. The fourth-order valence-corrected chi connectivity index (χ4v) is 3.57. The number of pyridine rings is 1. The summed E-state index contributed by atoms with van der Waals surface area (Å²) in [5, 5.41) is 13.9. The van der Waals surface area contributed by atoms with Crippen LogP contribution in [0.15, 0.2) is 79.0 Å². The number of amides is 1. The van der Waals surface area contributed by atoms with Crippen molar-refractivity contribution in [2.75, 3.05) is 25.1 Å². The van der Waals surface area contributed by atoms with Crippen molar-refractivity contribution in [3.8, 4) is 17.4 Å². The number of nitrogens with zero attached hydrogens (tertiary/aromatic N) is 1. The van der Waals surface area contributed by atoms with Crippen LogP contribution >= 0.6 is 0 Å². The van der Waals surface area contributed by atoms with Crippen molar-refractivity contribution in [1.29, 1.82) is 0 Å². The first kappa shape index (κ1) is 24.7. The fourth-order valence-electron chi connectivity index (χ4n) is 3.57. The highest BCUT2D eigenvalue weighted by Crippen LogP contribution is 2.27. The second-order valence-corrected chi connectivity index (χ2v) is 7.90. The van der Waals surface area contributed by atoms with Crippen molar-refractivity contribution < 1.29 is 28.9 Å². The van der Waals surface area contributed by atoms with Gasteiger partial charge in [0, 0.05) is 18.9 Å². The second-order valence-electron chi connectivity index (χ2n) is 7.90. The first-order valence-electron chi connectivity index (χ1n) is 11.5. The van der Waals surface area contributed by atoms with Crippen LogP contribution in [0.4, 0.5) is 5.69 Å². The van der Waals surface area contributed by atoms with E-state index in [4.69, 9.17) is 14.2 Å². The van der Waals surface area contributed by atoms with Gasteiger partial charge in [-0.2, -0.15) is 0 Å². The van der Waals surface area contributed by atoms with Gasteiger partial charge in [-0.25, -0.2) is 9.78 Å². The summed E-state index contributed by atoms with van der Waals surface area (Å²) in [5.41, 5.74) is 0.958. The first-order valence-corrected chi connectivity index (χ1v) is 11.5. The minimum absolute atomic E-state index is 0.0356. The fraction of sp³-hybridized carbons (Fsp3) is 0.179. The van der Waals surface area contributed by atoms with E-state index in [1.807, 2.05) is 43.3 Å². The van der Waals surface area contributed by atoms with E-state index in [9.17, 15) is 14.7 Å². The summed E-state index contributed by atoms with van der Waals surface area (Å²) in [6, 6.07) is 21.3. The van der Waals surface area contributed by atoms with Crippen molar-refractivity contribution >= 4 is 28.3 Å². The van der Waals surface area contributed by atoms with Crippen LogP contribution in [0.2, 0.25) is 0 Å². The number of hydrogen-bond donors (Lipinski definition) is 2. The molecular formula is C28H26N2O6. The average molecular weight is 487 g/mol. The van der Waals surface area contributed by atoms with Crippen LogP contribution in [0.3, 0.4) is 0 Å². The number of carbonyl (C=O) groups excluding carboxylic acids is 1. The molecule has 0 aliphatic rings. The maximum Gasteiger partial charge on any atom is 0.337 e. The molecule has 184 valence electrons. The number of carboxylic acids is 1. The highest BCUT2D eigenvalue weighted by atomic mass is 16.5. The number of para-hydroxylation sites is 1. The van der Waals surface area contributed by atoms with E-state index in [0.717, 1.165) is 16.5 Å². The third-order valence-corrected chi connectivity index (χ3v) is 5.30. The quantitative estimate of drug-likeness (QED) is 0.276. The Bertz CT molecular complexity index is 1350. The van der Waals surface area contributed by atoms with Crippen LogP contribution in [0.5, 0.6) is 17.4 Å². The summed E-state index contributed by atoms with van der Waals surface area (Å²) in [7, 11) is 0. The molecule has 4 aromatic rings. The Labute approximate surface area is 208 Å². The zero-order valence-electron chi connectivity index (χ0n) is 19.8. The molecule has 36 heavy (non-hydrogen) atoms. The molecule has 2 N–H and O–H groups in total. The van der Waals surface area contributed by atoms with Gasteiger partial charge in [0.2, 0.25) is 11.8 Å². The Morgan fingerprint density at radius 1 is 0.917 bits per heavy atom. The highest BCUT2D eigenvalue weighted by Gasteiger charge is 2.12. The monoisotopic (exact) mass is 486 g/mol. The van der Waals surface area contributed by atoms with Gasteiger partial charge in [0.15, 0.2) is 0 Å². The summed E-state index contributed by atoms with van der Waals surface area (Å²) < 4.78 is 16.9. The molecule has 0 radical (unpaired) electrons. The molecule has 0 saturated carbocycles. The van der Waals surface area contributed by atoms with E-state index in [-0.39, 0.29) is 23.6 Å². The zero-order chi connectivity index (χ0) is 25.3. The maximum atomic E-state index is 12.4. The molecule has 0 unspecified atom stereocenters. The molecule has 1 aromatic heterocycles. The lowest BCUT2D eigenvalue weighted by Crippen LogP contribution is -2.16. The summed E-state index contributed by atoms with van der Waals surface area (Å²) >= 11 is 0. The van der Waals surface area contributed by atoms with E-state index >= 15 is 0 Å². The van der Waals surface area contributed by atoms with Crippen LogP contribution in [0.1, 0.15) is 22.8 Å². The van der Waals surface area contributed by atoms with E-state index in [0.29, 0.717) is 37.0 Å². The Hall–Kier alpha value is -4.43. The van der Waals surface area contributed by atoms with Crippen LogP contribution < -0.4 is 14.8 Å².